The zero-order chi connectivity index (χ0) is 21.0. The van der Waals surface area contributed by atoms with E-state index in [1.165, 1.54) is 16.4 Å². The monoisotopic (exact) mass is 415 g/mol. The second-order valence-corrected chi connectivity index (χ2v) is 9.13. The number of hydrogen-bond acceptors (Lipinski definition) is 4. The van der Waals surface area contributed by atoms with Gasteiger partial charge >= 0.3 is 11.8 Å². The van der Waals surface area contributed by atoms with Gasteiger partial charge in [0, 0.05) is 25.3 Å². The van der Waals surface area contributed by atoms with E-state index in [9.17, 15) is 18.0 Å². The summed E-state index contributed by atoms with van der Waals surface area (Å²) in [4.78, 5) is 24.3. The van der Waals surface area contributed by atoms with Crippen LogP contribution in [0, 0.1) is 13.8 Å². The molecule has 0 aliphatic carbocycles. The lowest BCUT2D eigenvalue weighted by Gasteiger charge is -2.15. The van der Waals surface area contributed by atoms with Crippen LogP contribution in [0.25, 0.3) is 0 Å². The summed E-state index contributed by atoms with van der Waals surface area (Å²) in [5.41, 5.74) is 3.39. The van der Waals surface area contributed by atoms with Crippen molar-refractivity contribution in [1.82, 2.24) is 9.62 Å². The third-order valence-corrected chi connectivity index (χ3v) is 6.96. The first kappa shape index (κ1) is 21.0. The Balaban J connectivity index is 1.55. The van der Waals surface area contributed by atoms with Gasteiger partial charge in [-0.3, -0.25) is 9.59 Å². The van der Waals surface area contributed by atoms with E-state index < -0.39 is 21.8 Å². The molecule has 8 heteroatoms. The van der Waals surface area contributed by atoms with Crippen LogP contribution in [0.2, 0.25) is 0 Å². The van der Waals surface area contributed by atoms with Crippen molar-refractivity contribution in [1.29, 1.82) is 0 Å². The van der Waals surface area contributed by atoms with E-state index >= 15 is 0 Å². The summed E-state index contributed by atoms with van der Waals surface area (Å²) in [6, 6.07) is 11.8. The van der Waals surface area contributed by atoms with Crippen LogP contribution in [-0.4, -0.2) is 37.6 Å². The number of anilines is 1. The van der Waals surface area contributed by atoms with Crippen LogP contribution in [0.15, 0.2) is 47.4 Å². The van der Waals surface area contributed by atoms with Gasteiger partial charge in [-0.05, 0) is 67.6 Å². The Labute approximate surface area is 171 Å². The summed E-state index contributed by atoms with van der Waals surface area (Å²) in [6.45, 7) is 5.13. The zero-order valence-electron chi connectivity index (χ0n) is 16.6. The first-order chi connectivity index (χ1) is 13.8. The van der Waals surface area contributed by atoms with Crippen molar-refractivity contribution in [3.8, 4) is 0 Å². The molecular weight excluding hydrogens is 390 g/mol. The Morgan fingerprint density at radius 3 is 2.21 bits per heavy atom. The lowest BCUT2D eigenvalue weighted by molar-refractivity contribution is -0.136. The number of amides is 2. The van der Waals surface area contributed by atoms with E-state index in [-0.39, 0.29) is 11.4 Å². The molecule has 1 fully saturated rings. The maximum atomic E-state index is 12.5. The maximum absolute atomic E-state index is 12.5. The van der Waals surface area contributed by atoms with Crippen molar-refractivity contribution >= 4 is 27.5 Å². The van der Waals surface area contributed by atoms with Gasteiger partial charge in [-0.15, -0.1) is 0 Å². The van der Waals surface area contributed by atoms with E-state index in [2.05, 4.69) is 10.6 Å². The summed E-state index contributed by atoms with van der Waals surface area (Å²) in [7, 11) is -3.46. The Kier molecular flexibility index (Phi) is 6.34. The Morgan fingerprint density at radius 1 is 0.931 bits per heavy atom. The number of benzene rings is 2. The van der Waals surface area contributed by atoms with Gasteiger partial charge in [0.2, 0.25) is 10.0 Å². The Hall–Kier alpha value is -2.71. The highest BCUT2D eigenvalue weighted by Gasteiger charge is 2.26. The molecular formula is C21H25N3O4S. The van der Waals surface area contributed by atoms with Crippen molar-refractivity contribution in [3.63, 3.8) is 0 Å². The summed E-state index contributed by atoms with van der Waals surface area (Å²) < 4.78 is 26.5. The third kappa shape index (κ3) is 5.02. The fourth-order valence-corrected chi connectivity index (χ4v) is 4.64. The van der Waals surface area contributed by atoms with Crippen molar-refractivity contribution < 1.29 is 18.0 Å². The van der Waals surface area contributed by atoms with Crippen LogP contribution in [0.5, 0.6) is 0 Å². The molecule has 7 nitrogen and oxygen atoms in total. The fraction of sp³-hybridized carbons (Fsp3) is 0.333. The molecule has 1 saturated heterocycles. The SMILES string of the molecule is Cc1ccc(NC(=O)C(=O)NCc2ccc(S(=O)(=O)N3CCCC3)cc2)cc1C. The molecule has 1 aliphatic rings. The molecule has 3 rings (SSSR count). The quantitative estimate of drug-likeness (QED) is 0.733. The number of aryl methyl sites for hydroxylation is 2. The van der Waals surface area contributed by atoms with Gasteiger partial charge in [-0.1, -0.05) is 18.2 Å². The van der Waals surface area contributed by atoms with Crippen LogP contribution in [0.1, 0.15) is 29.5 Å². The number of carbonyl (C=O) groups excluding carboxylic acids is 2. The van der Waals surface area contributed by atoms with Crippen LogP contribution < -0.4 is 10.6 Å². The average Bonchev–Trinajstić information content (AvgIpc) is 3.25. The first-order valence-electron chi connectivity index (χ1n) is 9.53. The number of sulfonamides is 1. The summed E-state index contributed by atoms with van der Waals surface area (Å²) in [6.07, 6.45) is 1.77. The van der Waals surface area contributed by atoms with Gasteiger partial charge in [0.25, 0.3) is 0 Å². The predicted molar refractivity (Wildman–Crippen MR) is 111 cm³/mol. The fourth-order valence-electron chi connectivity index (χ4n) is 3.13. The minimum absolute atomic E-state index is 0.128. The van der Waals surface area contributed by atoms with E-state index in [1.54, 1.807) is 24.3 Å². The van der Waals surface area contributed by atoms with Gasteiger partial charge < -0.3 is 10.6 Å². The second-order valence-electron chi connectivity index (χ2n) is 7.19. The van der Waals surface area contributed by atoms with Crippen molar-refractivity contribution in [2.75, 3.05) is 18.4 Å². The predicted octanol–water partition coefficient (Wildman–Crippen LogP) is 2.34. The maximum Gasteiger partial charge on any atom is 0.313 e. The van der Waals surface area contributed by atoms with Crippen LogP contribution in [-0.2, 0) is 26.2 Å². The molecule has 1 heterocycles. The minimum atomic E-state index is -3.46. The Bertz CT molecular complexity index is 1010. The highest BCUT2D eigenvalue weighted by atomic mass is 32.2. The van der Waals surface area contributed by atoms with Gasteiger partial charge in [0.05, 0.1) is 4.90 Å². The van der Waals surface area contributed by atoms with E-state index in [0.717, 1.165) is 24.0 Å². The molecule has 0 bridgehead atoms. The van der Waals surface area contributed by atoms with Crippen LogP contribution >= 0.6 is 0 Å². The highest BCUT2D eigenvalue weighted by Crippen LogP contribution is 2.21. The number of nitrogens with zero attached hydrogens (tertiary/aromatic N) is 1. The van der Waals surface area contributed by atoms with Crippen molar-refractivity contribution in [2.45, 2.75) is 38.1 Å². The zero-order valence-corrected chi connectivity index (χ0v) is 17.4. The third-order valence-electron chi connectivity index (χ3n) is 5.05. The topological polar surface area (TPSA) is 95.6 Å². The highest BCUT2D eigenvalue weighted by molar-refractivity contribution is 7.89. The molecule has 0 spiro atoms. The lowest BCUT2D eigenvalue weighted by Crippen LogP contribution is -2.35. The standard InChI is InChI=1S/C21H25N3O4S/c1-15-5-8-18(13-16(15)2)23-21(26)20(25)22-14-17-6-9-19(10-7-17)29(27,28)24-11-3-4-12-24/h5-10,13H,3-4,11-12,14H2,1-2H3,(H,22,25)(H,23,26). The van der Waals surface area contributed by atoms with E-state index in [0.29, 0.717) is 24.3 Å². The van der Waals surface area contributed by atoms with Gasteiger partial charge in [0.1, 0.15) is 0 Å². The molecule has 154 valence electrons. The molecule has 2 aromatic carbocycles. The molecule has 0 aromatic heterocycles. The molecule has 2 N–H and O–H groups in total. The van der Waals surface area contributed by atoms with Crippen LogP contribution in [0.4, 0.5) is 5.69 Å². The van der Waals surface area contributed by atoms with Crippen molar-refractivity contribution in [3.05, 3.63) is 59.2 Å². The summed E-state index contributed by atoms with van der Waals surface area (Å²) in [5.74, 6) is -1.50. The average molecular weight is 416 g/mol. The number of hydrogen-bond donors (Lipinski definition) is 2. The molecule has 0 radical (unpaired) electrons. The van der Waals surface area contributed by atoms with E-state index in [4.69, 9.17) is 0 Å². The molecule has 2 aromatic rings. The molecule has 2 amide bonds. The first-order valence-corrected chi connectivity index (χ1v) is 11.0. The van der Waals surface area contributed by atoms with E-state index in [1.807, 2.05) is 19.9 Å². The van der Waals surface area contributed by atoms with Crippen molar-refractivity contribution in [2.24, 2.45) is 0 Å². The van der Waals surface area contributed by atoms with Gasteiger partial charge in [0.15, 0.2) is 0 Å². The smallest absolute Gasteiger partial charge is 0.313 e. The number of carbonyl (C=O) groups is 2. The number of rotatable bonds is 5. The molecule has 29 heavy (non-hydrogen) atoms. The largest absolute Gasteiger partial charge is 0.344 e. The molecule has 0 atom stereocenters. The molecule has 0 saturated carbocycles. The molecule has 0 unspecified atom stereocenters. The number of nitrogens with one attached hydrogen (secondary N) is 2. The second kappa shape index (κ2) is 8.75. The minimum Gasteiger partial charge on any atom is -0.344 e. The lowest BCUT2D eigenvalue weighted by atomic mass is 10.1. The molecule has 1 aliphatic heterocycles. The summed E-state index contributed by atoms with van der Waals surface area (Å²) in [5, 5.41) is 5.12. The Morgan fingerprint density at radius 2 is 1.59 bits per heavy atom. The van der Waals surface area contributed by atoms with Gasteiger partial charge in [-0.2, -0.15) is 4.31 Å². The van der Waals surface area contributed by atoms with Gasteiger partial charge in [-0.25, -0.2) is 8.42 Å². The van der Waals surface area contributed by atoms with Crippen LogP contribution in [0.3, 0.4) is 0 Å². The normalized spacial score (nSPS) is 14.6. The summed E-state index contributed by atoms with van der Waals surface area (Å²) >= 11 is 0.